The van der Waals surface area contributed by atoms with Crippen molar-refractivity contribution in [3.8, 4) is 0 Å². The standard InChI is InChI=1S/C10H15N4/c1-6-5-14(13-8(6)3)10-7(2)9(4)11-12-10/h5H2,1-4H3,(H,11,12)/q+1. The van der Waals surface area contributed by atoms with Gasteiger partial charge in [-0.3, -0.25) is 0 Å². The molecule has 0 aliphatic carbocycles. The lowest BCUT2D eigenvalue weighted by Crippen LogP contribution is -2.02. The van der Waals surface area contributed by atoms with Crippen molar-refractivity contribution in [3.05, 3.63) is 22.5 Å². The fourth-order valence-electron chi connectivity index (χ4n) is 1.49. The second kappa shape index (κ2) is 3.04. The van der Waals surface area contributed by atoms with Gasteiger partial charge in [0.05, 0.1) is 22.1 Å². The molecule has 0 aromatic carbocycles. The molecule has 14 heavy (non-hydrogen) atoms. The second-order valence-corrected chi connectivity index (χ2v) is 3.82. The molecule has 0 bridgehead atoms. The lowest BCUT2D eigenvalue weighted by Gasteiger charge is -1.92. The molecule has 0 saturated carbocycles. The first kappa shape index (κ1) is 9.12. The van der Waals surface area contributed by atoms with Gasteiger partial charge in [-0.1, -0.05) is 5.11 Å². The van der Waals surface area contributed by atoms with Gasteiger partial charge in [0.1, 0.15) is 6.54 Å². The number of H-pyrrole nitrogens is 1. The average molecular weight is 191 g/mol. The highest BCUT2D eigenvalue weighted by Gasteiger charge is 2.24. The van der Waals surface area contributed by atoms with Crippen LogP contribution in [0.3, 0.4) is 0 Å². The van der Waals surface area contributed by atoms with E-state index < -0.39 is 0 Å². The van der Waals surface area contributed by atoms with Gasteiger partial charge in [-0.25, -0.2) is 0 Å². The summed E-state index contributed by atoms with van der Waals surface area (Å²) in [6.45, 7) is 9.08. The van der Waals surface area contributed by atoms with Gasteiger partial charge in [0.25, 0.3) is 0 Å². The van der Waals surface area contributed by atoms with Gasteiger partial charge in [-0.2, -0.15) is 5.10 Å². The molecule has 0 spiro atoms. The third kappa shape index (κ3) is 1.27. The summed E-state index contributed by atoms with van der Waals surface area (Å²) < 4.78 is 1.95. The molecule has 1 aromatic rings. The zero-order chi connectivity index (χ0) is 10.3. The molecule has 0 unspecified atom stereocenters. The third-order valence-electron chi connectivity index (χ3n) is 2.75. The van der Waals surface area contributed by atoms with Crippen LogP contribution in [0.5, 0.6) is 0 Å². The summed E-state index contributed by atoms with van der Waals surface area (Å²) in [5.41, 5.74) is 4.70. The Kier molecular flexibility index (Phi) is 1.98. The van der Waals surface area contributed by atoms with Crippen molar-refractivity contribution in [1.82, 2.24) is 10.2 Å². The minimum atomic E-state index is 0.858. The molecule has 74 valence electrons. The summed E-state index contributed by atoms with van der Waals surface area (Å²) in [6, 6.07) is 0. The summed E-state index contributed by atoms with van der Waals surface area (Å²) >= 11 is 0. The number of azo groups is 2. The number of allylic oxidation sites excluding steroid dienone is 1. The summed E-state index contributed by atoms with van der Waals surface area (Å²) in [5.74, 6) is 0.943. The Bertz CT molecular complexity index is 437. The van der Waals surface area contributed by atoms with E-state index in [0.29, 0.717) is 0 Å². The molecule has 1 aliphatic rings. The van der Waals surface area contributed by atoms with E-state index in [1.165, 1.54) is 11.1 Å². The summed E-state index contributed by atoms with van der Waals surface area (Å²) in [5, 5.41) is 11.7. The predicted octanol–water partition coefficient (Wildman–Crippen LogP) is 2.43. The molecule has 0 amide bonds. The van der Waals surface area contributed by atoms with Crippen LogP contribution in [0.25, 0.3) is 0 Å². The number of hydrogen-bond acceptors (Lipinski definition) is 2. The van der Waals surface area contributed by atoms with Crippen molar-refractivity contribution in [2.24, 2.45) is 5.11 Å². The van der Waals surface area contributed by atoms with Crippen LogP contribution in [0.4, 0.5) is 5.82 Å². The summed E-state index contributed by atoms with van der Waals surface area (Å²) in [7, 11) is 0. The predicted molar refractivity (Wildman–Crippen MR) is 53.7 cm³/mol. The molecule has 0 radical (unpaired) electrons. The molecule has 2 rings (SSSR count). The van der Waals surface area contributed by atoms with Crippen molar-refractivity contribution >= 4 is 5.82 Å². The zero-order valence-electron chi connectivity index (χ0n) is 9.05. The van der Waals surface area contributed by atoms with Gasteiger partial charge in [-0.05, 0) is 33.3 Å². The van der Waals surface area contributed by atoms with Crippen molar-refractivity contribution in [3.63, 3.8) is 0 Å². The highest BCUT2D eigenvalue weighted by atomic mass is 15.4. The Morgan fingerprint density at radius 3 is 2.36 bits per heavy atom. The lowest BCUT2D eigenvalue weighted by atomic mass is 10.2. The molecule has 1 aromatic heterocycles. The van der Waals surface area contributed by atoms with E-state index in [1.807, 2.05) is 18.5 Å². The number of aromatic amines is 1. The zero-order valence-corrected chi connectivity index (χ0v) is 9.05. The van der Waals surface area contributed by atoms with Gasteiger partial charge in [0.15, 0.2) is 0 Å². The Hall–Kier alpha value is -1.45. The van der Waals surface area contributed by atoms with Crippen molar-refractivity contribution in [2.75, 3.05) is 6.54 Å². The molecule has 1 N–H and O–H groups in total. The van der Waals surface area contributed by atoms with Crippen LogP contribution in [-0.4, -0.2) is 21.4 Å². The van der Waals surface area contributed by atoms with Crippen LogP contribution >= 0.6 is 0 Å². The van der Waals surface area contributed by atoms with Crippen molar-refractivity contribution < 1.29 is 4.70 Å². The normalized spacial score (nSPS) is 16.4. The topological polar surface area (TPSA) is 44.0 Å². The number of aryl methyl sites for hydroxylation is 1. The molecule has 0 fully saturated rings. The summed E-state index contributed by atoms with van der Waals surface area (Å²) in [6.07, 6.45) is 0. The molecule has 4 nitrogen and oxygen atoms in total. The van der Waals surface area contributed by atoms with Gasteiger partial charge >= 0.3 is 5.82 Å². The SMILES string of the molecule is CC1=C(C)N=[N+](c2n[nH]c(C)c2C)C1. The fourth-order valence-corrected chi connectivity index (χ4v) is 1.49. The molecule has 1 aliphatic heterocycles. The first-order valence-electron chi connectivity index (χ1n) is 4.76. The van der Waals surface area contributed by atoms with E-state index in [2.05, 4.69) is 29.2 Å². The minimum absolute atomic E-state index is 0.858. The van der Waals surface area contributed by atoms with Crippen LogP contribution in [0.15, 0.2) is 16.4 Å². The number of aromatic nitrogens is 2. The highest BCUT2D eigenvalue weighted by Crippen LogP contribution is 2.24. The van der Waals surface area contributed by atoms with E-state index in [0.717, 1.165) is 23.8 Å². The van der Waals surface area contributed by atoms with E-state index >= 15 is 0 Å². The number of rotatable bonds is 1. The Labute approximate surface area is 83.3 Å². The smallest absolute Gasteiger partial charge is 0.190 e. The van der Waals surface area contributed by atoms with Crippen molar-refractivity contribution in [2.45, 2.75) is 27.7 Å². The van der Waals surface area contributed by atoms with Gasteiger partial charge in [0.2, 0.25) is 0 Å². The monoisotopic (exact) mass is 191 g/mol. The molecule has 0 atom stereocenters. The average Bonchev–Trinajstić information content (AvgIpc) is 2.61. The molecule has 0 saturated heterocycles. The van der Waals surface area contributed by atoms with Crippen LogP contribution in [0.2, 0.25) is 0 Å². The van der Waals surface area contributed by atoms with Crippen LogP contribution in [-0.2, 0) is 0 Å². The first-order chi connectivity index (χ1) is 6.59. The van der Waals surface area contributed by atoms with Crippen LogP contribution in [0.1, 0.15) is 25.1 Å². The quantitative estimate of drug-likeness (QED) is 0.681. The maximum Gasteiger partial charge on any atom is 0.373 e. The highest BCUT2D eigenvalue weighted by molar-refractivity contribution is 5.34. The summed E-state index contributed by atoms with van der Waals surface area (Å²) in [4.78, 5) is 0. The lowest BCUT2D eigenvalue weighted by molar-refractivity contribution is -0.499. The van der Waals surface area contributed by atoms with Gasteiger partial charge < -0.3 is 0 Å². The maximum atomic E-state index is 4.44. The van der Waals surface area contributed by atoms with Crippen LogP contribution in [0, 0.1) is 13.8 Å². The first-order valence-corrected chi connectivity index (χ1v) is 4.76. The van der Waals surface area contributed by atoms with Gasteiger partial charge in [-0.15, -0.1) is 4.70 Å². The molecular weight excluding hydrogens is 176 g/mol. The van der Waals surface area contributed by atoms with Gasteiger partial charge in [0, 0.05) is 0 Å². The fraction of sp³-hybridized carbons (Fsp3) is 0.500. The van der Waals surface area contributed by atoms with E-state index in [4.69, 9.17) is 0 Å². The molecular formula is C10H15N4+. The Balaban J connectivity index is 2.37. The van der Waals surface area contributed by atoms with E-state index in [1.54, 1.807) is 0 Å². The third-order valence-corrected chi connectivity index (χ3v) is 2.75. The number of hydrogen-bond donors (Lipinski definition) is 1. The minimum Gasteiger partial charge on any atom is -0.190 e. The number of nitrogens with zero attached hydrogens (tertiary/aromatic N) is 3. The Morgan fingerprint density at radius 1 is 1.21 bits per heavy atom. The number of nitrogens with one attached hydrogen (secondary N) is 1. The Morgan fingerprint density at radius 2 is 1.93 bits per heavy atom. The van der Waals surface area contributed by atoms with E-state index in [-0.39, 0.29) is 0 Å². The van der Waals surface area contributed by atoms with Crippen molar-refractivity contribution in [1.29, 1.82) is 0 Å². The maximum absolute atomic E-state index is 4.44. The van der Waals surface area contributed by atoms with E-state index in [9.17, 15) is 0 Å². The second-order valence-electron chi connectivity index (χ2n) is 3.82. The largest absolute Gasteiger partial charge is 0.373 e. The van der Waals surface area contributed by atoms with Crippen LogP contribution < -0.4 is 0 Å². The molecule has 4 heteroatoms. The molecule has 2 heterocycles.